The molecule has 0 aliphatic carbocycles. The maximum absolute atomic E-state index is 9.33. The Hall–Kier alpha value is -2.76. The minimum Gasteiger partial charge on any atom is -0.508 e. The fourth-order valence-electron chi connectivity index (χ4n) is 1.97. The molecule has 0 unspecified atom stereocenters. The van der Waals surface area contributed by atoms with Crippen LogP contribution in [-0.4, -0.2) is 26.8 Å². The minimum atomic E-state index is 0.185. The van der Waals surface area contributed by atoms with Crippen molar-refractivity contribution in [1.29, 1.82) is 0 Å². The average Bonchev–Trinajstić information content (AvgIpc) is 2.80. The molecule has 6 heteroatoms. The molecule has 0 saturated carbocycles. The lowest BCUT2D eigenvalue weighted by atomic mass is 10.1. The van der Waals surface area contributed by atoms with E-state index in [-0.39, 0.29) is 11.7 Å². The summed E-state index contributed by atoms with van der Waals surface area (Å²) in [7, 11) is 1.57. The van der Waals surface area contributed by atoms with Gasteiger partial charge in [-0.3, -0.25) is 0 Å². The topological polar surface area (TPSA) is 85.7 Å². The van der Waals surface area contributed by atoms with Crippen LogP contribution in [0.15, 0.2) is 36.4 Å². The lowest BCUT2D eigenvalue weighted by Crippen LogP contribution is -1.97. The number of anilines is 1. The number of phenolic OH excluding ortho intramolecular Hbond substituents is 1. The van der Waals surface area contributed by atoms with E-state index in [4.69, 9.17) is 10.5 Å². The van der Waals surface area contributed by atoms with Crippen molar-refractivity contribution in [2.45, 2.75) is 0 Å². The summed E-state index contributed by atoms with van der Waals surface area (Å²) >= 11 is 0. The van der Waals surface area contributed by atoms with E-state index < -0.39 is 0 Å². The van der Waals surface area contributed by atoms with Crippen LogP contribution in [0.5, 0.6) is 11.5 Å². The number of nitrogens with two attached hydrogens (primary N) is 1. The predicted octanol–water partition coefficient (Wildman–Crippen LogP) is 1.69. The number of hydrogen-bond donors (Lipinski definition) is 2. The predicted molar refractivity (Wildman–Crippen MR) is 71.1 cm³/mol. The first kappa shape index (κ1) is 11.3. The molecule has 3 N–H and O–H groups in total. The number of hydrogen-bond acceptors (Lipinski definition) is 5. The summed E-state index contributed by atoms with van der Waals surface area (Å²) in [5, 5.41) is 13.5. The zero-order valence-electron chi connectivity index (χ0n) is 10.2. The Kier molecular flexibility index (Phi) is 2.49. The highest BCUT2D eigenvalue weighted by molar-refractivity contribution is 5.68. The summed E-state index contributed by atoms with van der Waals surface area (Å²) in [6, 6.07) is 10.5. The van der Waals surface area contributed by atoms with Gasteiger partial charge in [0, 0.05) is 5.56 Å². The third-order valence-corrected chi connectivity index (χ3v) is 2.85. The maximum Gasteiger partial charge on any atom is 0.240 e. The van der Waals surface area contributed by atoms with Crippen LogP contribution in [-0.2, 0) is 0 Å². The minimum absolute atomic E-state index is 0.185. The Morgan fingerprint density at radius 2 is 1.89 bits per heavy atom. The van der Waals surface area contributed by atoms with Gasteiger partial charge in [0.05, 0.1) is 12.8 Å². The van der Waals surface area contributed by atoms with E-state index in [0.29, 0.717) is 11.4 Å². The molecule has 0 aliphatic heterocycles. The van der Waals surface area contributed by atoms with Gasteiger partial charge in [0.25, 0.3) is 0 Å². The number of methoxy groups -OCH3 is 1. The molecule has 0 amide bonds. The van der Waals surface area contributed by atoms with Crippen LogP contribution in [0.25, 0.3) is 16.9 Å². The smallest absolute Gasteiger partial charge is 0.240 e. The number of benzene rings is 1. The molecule has 19 heavy (non-hydrogen) atoms. The molecule has 0 fully saturated rings. The van der Waals surface area contributed by atoms with E-state index in [0.717, 1.165) is 11.3 Å². The van der Waals surface area contributed by atoms with Crippen molar-refractivity contribution in [3.63, 3.8) is 0 Å². The fourth-order valence-corrected chi connectivity index (χ4v) is 1.97. The summed E-state index contributed by atoms with van der Waals surface area (Å²) in [4.78, 5) is 4.14. The fraction of sp³-hybridized carbons (Fsp3) is 0.0769. The summed E-state index contributed by atoms with van der Waals surface area (Å²) in [5.74, 6) is 1.00. The molecule has 6 nitrogen and oxygen atoms in total. The molecule has 1 aromatic carbocycles. The Balaban J connectivity index is 2.27. The first-order valence-electron chi connectivity index (χ1n) is 5.67. The molecule has 0 radical (unpaired) electrons. The van der Waals surface area contributed by atoms with Gasteiger partial charge in [0.2, 0.25) is 5.95 Å². The van der Waals surface area contributed by atoms with Gasteiger partial charge < -0.3 is 15.6 Å². The van der Waals surface area contributed by atoms with Crippen LogP contribution in [0.1, 0.15) is 0 Å². The quantitative estimate of drug-likeness (QED) is 0.728. The SMILES string of the molecule is COc1ccc(-c2ccc(O)cc2)n2nc(N)nc12. The number of nitrogen functional groups attached to an aromatic ring is 1. The maximum atomic E-state index is 9.33. The molecule has 0 aliphatic rings. The molecule has 0 atom stereocenters. The van der Waals surface area contributed by atoms with E-state index in [2.05, 4.69) is 10.1 Å². The van der Waals surface area contributed by atoms with Crippen LogP contribution in [0.3, 0.4) is 0 Å². The van der Waals surface area contributed by atoms with Gasteiger partial charge in [-0.2, -0.15) is 4.98 Å². The zero-order chi connectivity index (χ0) is 13.4. The molecule has 3 rings (SSSR count). The first-order valence-corrected chi connectivity index (χ1v) is 5.67. The second-order valence-corrected chi connectivity index (χ2v) is 4.04. The van der Waals surface area contributed by atoms with Gasteiger partial charge in [-0.25, -0.2) is 4.52 Å². The second-order valence-electron chi connectivity index (χ2n) is 4.04. The highest BCUT2D eigenvalue weighted by atomic mass is 16.5. The van der Waals surface area contributed by atoms with Crippen LogP contribution >= 0.6 is 0 Å². The molecular formula is C13H12N4O2. The van der Waals surface area contributed by atoms with Crippen molar-refractivity contribution in [3.8, 4) is 22.8 Å². The number of aromatic nitrogens is 3. The lowest BCUT2D eigenvalue weighted by molar-refractivity contribution is 0.416. The molecule has 0 spiro atoms. The molecule has 3 aromatic rings. The van der Waals surface area contributed by atoms with Crippen LogP contribution in [0, 0.1) is 0 Å². The van der Waals surface area contributed by atoms with Crippen LogP contribution < -0.4 is 10.5 Å². The molecule has 0 bridgehead atoms. The molecule has 0 saturated heterocycles. The highest BCUT2D eigenvalue weighted by Gasteiger charge is 2.12. The largest absolute Gasteiger partial charge is 0.508 e. The number of pyridine rings is 1. The van der Waals surface area contributed by atoms with Crippen LogP contribution in [0.4, 0.5) is 5.95 Å². The monoisotopic (exact) mass is 256 g/mol. The number of phenols is 1. The van der Waals surface area contributed by atoms with Gasteiger partial charge in [-0.05, 0) is 36.4 Å². The van der Waals surface area contributed by atoms with E-state index >= 15 is 0 Å². The number of nitrogens with zero attached hydrogens (tertiary/aromatic N) is 3. The highest BCUT2D eigenvalue weighted by Crippen LogP contribution is 2.27. The number of ether oxygens (including phenoxy) is 1. The van der Waals surface area contributed by atoms with E-state index in [1.165, 1.54) is 0 Å². The molecular weight excluding hydrogens is 244 g/mol. The van der Waals surface area contributed by atoms with Gasteiger partial charge in [0.15, 0.2) is 11.4 Å². The van der Waals surface area contributed by atoms with Crippen molar-refractivity contribution in [1.82, 2.24) is 14.6 Å². The van der Waals surface area contributed by atoms with Crippen LogP contribution in [0.2, 0.25) is 0 Å². The standard InChI is InChI=1S/C13H12N4O2/c1-19-11-7-6-10(8-2-4-9(18)5-3-8)17-12(11)15-13(14)16-17/h2-7,18H,1H3,(H2,14,16). The zero-order valence-corrected chi connectivity index (χ0v) is 10.2. The Bertz CT molecular complexity index is 734. The van der Waals surface area contributed by atoms with Crippen molar-refractivity contribution < 1.29 is 9.84 Å². The summed E-state index contributed by atoms with van der Waals surface area (Å²) in [5.41, 5.74) is 7.93. The van der Waals surface area contributed by atoms with Crippen molar-refractivity contribution in [2.75, 3.05) is 12.8 Å². The van der Waals surface area contributed by atoms with E-state index in [1.807, 2.05) is 12.1 Å². The van der Waals surface area contributed by atoms with E-state index in [9.17, 15) is 5.11 Å². The second kappa shape index (κ2) is 4.16. The summed E-state index contributed by atoms with van der Waals surface area (Å²) < 4.78 is 6.86. The molecule has 2 aromatic heterocycles. The van der Waals surface area contributed by atoms with Gasteiger partial charge in [-0.15, -0.1) is 5.10 Å². The van der Waals surface area contributed by atoms with Crippen molar-refractivity contribution >= 4 is 11.6 Å². The lowest BCUT2D eigenvalue weighted by Gasteiger charge is -2.07. The Morgan fingerprint density at radius 1 is 1.16 bits per heavy atom. The summed E-state index contributed by atoms with van der Waals surface area (Å²) in [6.07, 6.45) is 0. The number of aromatic hydroxyl groups is 1. The first-order chi connectivity index (χ1) is 9.19. The average molecular weight is 256 g/mol. The van der Waals surface area contributed by atoms with Gasteiger partial charge in [0.1, 0.15) is 5.75 Å². The van der Waals surface area contributed by atoms with Gasteiger partial charge >= 0.3 is 0 Å². The Labute approximate surface area is 109 Å². The molecule has 96 valence electrons. The number of rotatable bonds is 2. The van der Waals surface area contributed by atoms with Crippen molar-refractivity contribution in [3.05, 3.63) is 36.4 Å². The Morgan fingerprint density at radius 3 is 2.58 bits per heavy atom. The third-order valence-electron chi connectivity index (χ3n) is 2.85. The normalized spacial score (nSPS) is 10.8. The van der Waals surface area contributed by atoms with E-state index in [1.54, 1.807) is 35.9 Å². The number of fused-ring (bicyclic) bond motifs is 1. The molecule has 2 heterocycles. The van der Waals surface area contributed by atoms with Gasteiger partial charge in [-0.1, -0.05) is 0 Å². The summed E-state index contributed by atoms with van der Waals surface area (Å²) in [6.45, 7) is 0. The third kappa shape index (κ3) is 1.83. The van der Waals surface area contributed by atoms with Crippen molar-refractivity contribution in [2.24, 2.45) is 0 Å².